The van der Waals surface area contributed by atoms with Crippen molar-refractivity contribution in [3.8, 4) is 11.5 Å². The lowest BCUT2D eigenvalue weighted by atomic mass is 10.3. The highest BCUT2D eigenvalue weighted by Gasteiger charge is 2.27. The van der Waals surface area contributed by atoms with Gasteiger partial charge in [-0.3, -0.25) is 5.10 Å². The van der Waals surface area contributed by atoms with E-state index in [9.17, 15) is 0 Å². The molecule has 0 spiro atoms. The van der Waals surface area contributed by atoms with E-state index in [1.807, 2.05) is 18.2 Å². The Balaban J connectivity index is 1.39. The fraction of sp³-hybridized carbons (Fsp3) is 0.438. The Morgan fingerprint density at radius 1 is 1.29 bits per heavy atom. The van der Waals surface area contributed by atoms with Gasteiger partial charge in [0, 0.05) is 24.1 Å². The number of nitrogens with one attached hydrogen (secondary N) is 2. The number of anilines is 1. The zero-order chi connectivity index (χ0) is 16.4. The van der Waals surface area contributed by atoms with Gasteiger partial charge < -0.3 is 20.5 Å². The van der Waals surface area contributed by atoms with E-state index in [-0.39, 0.29) is 0 Å². The normalized spacial score (nSPS) is 17.4. The van der Waals surface area contributed by atoms with Gasteiger partial charge in [0.25, 0.3) is 0 Å². The van der Waals surface area contributed by atoms with Crippen molar-refractivity contribution in [1.82, 2.24) is 15.2 Å². The molecule has 126 valence electrons. The van der Waals surface area contributed by atoms with Gasteiger partial charge in [-0.1, -0.05) is 0 Å². The Morgan fingerprint density at radius 3 is 2.96 bits per heavy atom. The summed E-state index contributed by atoms with van der Waals surface area (Å²) >= 11 is 0. The number of nitrogens with two attached hydrogens (primary N) is 1. The maximum absolute atomic E-state index is 5.94. The lowest BCUT2D eigenvalue weighted by Gasteiger charge is -2.10. The predicted molar refractivity (Wildman–Crippen MR) is 89.4 cm³/mol. The smallest absolute Gasteiger partial charge is 0.193 e. The SMILES string of the molecule is NC(=NCc1nc(C2CC2)n[nH]1)Nc1ccc2c(c1)OCCCO2. The van der Waals surface area contributed by atoms with Crippen LogP contribution in [0.5, 0.6) is 11.5 Å². The van der Waals surface area contributed by atoms with E-state index in [4.69, 9.17) is 15.2 Å². The molecule has 24 heavy (non-hydrogen) atoms. The molecule has 0 bridgehead atoms. The number of hydrogen-bond donors (Lipinski definition) is 3. The van der Waals surface area contributed by atoms with E-state index in [1.165, 1.54) is 12.8 Å². The molecule has 0 saturated heterocycles. The Bertz CT molecular complexity index is 753. The van der Waals surface area contributed by atoms with Crippen LogP contribution in [0.25, 0.3) is 0 Å². The highest BCUT2D eigenvalue weighted by atomic mass is 16.5. The van der Waals surface area contributed by atoms with Gasteiger partial charge in [-0.15, -0.1) is 0 Å². The third kappa shape index (κ3) is 3.42. The Kier molecular flexibility index (Phi) is 3.94. The summed E-state index contributed by atoms with van der Waals surface area (Å²) in [5.41, 5.74) is 6.75. The topological polar surface area (TPSA) is 110 Å². The van der Waals surface area contributed by atoms with Gasteiger partial charge in [0.2, 0.25) is 0 Å². The summed E-state index contributed by atoms with van der Waals surface area (Å²) in [5, 5.41) is 10.2. The van der Waals surface area contributed by atoms with Crippen LogP contribution in [0.1, 0.15) is 36.8 Å². The average Bonchev–Trinajstić information content (AvgIpc) is 3.36. The molecule has 8 heteroatoms. The van der Waals surface area contributed by atoms with Crippen LogP contribution in [0, 0.1) is 0 Å². The van der Waals surface area contributed by atoms with Crippen LogP contribution >= 0.6 is 0 Å². The molecule has 1 aliphatic heterocycles. The van der Waals surface area contributed by atoms with Gasteiger partial charge in [0.05, 0.1) is 13.2 Å². The van der Waals surface area contributed by atoms with E-state index < -0.39 is 0 Å². The molecule has 1 saturated carbocycles. The third-order valence-corrected chi connectivity index (χ3v) is 3.91. The lowest BCUT2D eigenvalue weighted by molar-refractivity contribution is 0.297. The van der Waals surface area contributed by atoms with Crippen LogP contribution in [-0.2, 0) is 6.54 Å². The van der Waals surface area contributed by atoms with Gasteiger partial charge in [-0.25, -0.2) is 9.98 Å². The molecule has 8 nitrogen and oxygen atoms in total. The quantitative estimate of drug-likeness (QED) is 0.583. The Hall–Kier alpha value is -2.77. The number of benzene rings is 1. The molecule has 0 amide bonds. The van der Waals surface area contributed by atoms with Crippen molar-refractivity contribution in [3.05, 3.63) is 29.8 Å². The number of rotatable bonds is 4. The molecule has 0 radical (unpaired) electrons. The highest BCUT2D eigenvalue weighted by molar-refractivity contribution is 5.92. The Morgan fingerprint density at radius 2 is 2.12 bits per heavy atom. The van der Waals surface area contributed by atoms with Gasteiger partial charge in [0.15, 0.2) is 23.3 Å². The van der Waals surface area contributed by atoms with Crippen molar-refractivity contribution in [3.63, 3.8) is 0 Å². The minimum Gasteiger partial charge on any atom is -0.490 e. The zero-order valence-corrected chi connectivity index (χ0v) is 13.3. The fourth-order valence-corrected chi connectivity index (χ4v) is 2.49. The lowest BCUT2D eigenvalue weighted by Crippen LogP contribution is -2.22. The Labute approximate surface area is 139 Å². The third-order valence-electron chi connectivity index (χ3n) is 3.91. The maximum atomic E-state index is 5.94. The van der Waals surface area contributed by atoms with Crippen LogP contribution in [-0.4, -0.2) is 34.4 Å². The van der Waals surface area contributed by atoms with Crippen molar-refractivity contribution >= 4 is 11.6 Å². The largest absolute Gasteiger partial charge is 0.490 e. The summed E-state index contributed by atoms with van der Waals surface area (Å²) in [6.07, 6.45) is 3.23. The minimum atomic E-state index is 0.314. The summed E-state index contributed by atoms with van der Waals surface area (Å²) in [5.74, 6) is 3.91. The second kappa shape index (κ2) is 6.38. The van der Waals surface area contributed by atoms with Crippen molar-refractivity contribution in [2.24, 2.45) is 10.7 Å². The number of ether oxygens (including phenoxy) is 2. The molecular formula is C16H20N6O2. The van der Waals surface area contributed by atoms with Crippen LogP contribution < -0.4 is 20.5 Å². The summed E-state index contributed by atoms with van der Waals surface area (Å²) < 4.78 is 11.3. The summed E-state index contributed by atoms with van der Waals surface area (Å²) in [4.78, 5) is 8.72. The number of H-pyrrole nitrogens is 1. The summed E-state index contributed by atoms with van der Waals surface area (Å²) in [7, 11) is 0. The number of nitrogens with zero attached hydrogens (tertiary/aromatic N) is 3. The molecule has 1 aromatic carbocycles. The molecule has 4 rings (SSSR count). The van der Waals surface area contributed by atoms with E-state index in [1.54, 1.807) is 0 Å². The van der Waals surface area contributed by atoms with Crippen molar-refractivity contribution in [1.29, 1.82) is 0 Å². The molecule has 0 unspecified atom stereocenters. The predicted octanol–water partition coefficient (Wildman–Crippen LogP) is 1.77. The molecule has 1 fully saturated rings. The molecule has 1 aliphatic carbocycles. The number of aromatic nitrogens is 3. The minimum absolute atomic E-state index is 0.314. The van der Waals surface area contributed by atoms with Gasteiger partial charge in [-0.2, -0.15) is 5.10 Å². The highest BCUT2D eigenvalue weighted by Crippen LogP contribution is 2.37. The number of guanidine groups is 1. The fourth-order valence-electron chi connectivity index (χ4n) is 2.49. The molecular weight excluding hydrogens is 308 g/mol. The molecule has 4 N–H and O–H groups in total. The number of fused-ring (bicyclic) bond motifs is 1. The van der Waals surface area contributed by atoms with Crippen molar-refractivity contribution in [2.75, 3.05) is 18.5 Å². The number of aromatic amines is 1. The van der Waals surface area contributed by atoms with Gasteiger partial charge in [0.1, 0.15) is 12.4 Å². The summed E-state index contributed by atoms with van der Waals surface area (Å²) in [6.45, 7) is 1.68. The molecule has 1 aromatic heterocycles. The first-order valence-electron chi connectivity index (χ1n) is 8.16. The second-order valence-electron chi connectivity index (χ2n) is 5.95. The second-order valence-corrected chi connectivity index (χ2v) is 5.95. The van der Waals surface area contributed by atoms with Crippen molar-refractivity contribution in [2.45, 2.75) is 31.7 Å². The summed E-state index contributed by atoms with van der Waals surface area (Å²) in [6, 6.07) is 5.62. The van der Waals surface area contributed by atoms with E-state index in [0.29, 0.717) is 31.6 Å². The molecule has 2 aliphatic rings. The van der Waals surface area contributed by atoms with Crippen molar-refractivity contribution < 1.29 is 9.47 Å². The monoisotopic (exact) mass is 328 g/mol. The van der Waals surface area contributed by atoms with E-state index >= 15 is 0 Å². The number of aliphatic imine (C=N–C) groups is 1. The van der Waals surface area contributed by atoms with Crippen LogP contribution in [0.4, 0.5) is 5.69 Å². The van der Waals surface area contributed by atoms with Gasteiger partial charge >= 0.3 is 0 Å². The first kappa shape index (κ1) is 14.8. The first-order chi connectivity index (χ1) is 11.8. The van der Waals surface area contributed by atoms with Crippen LogP contribution in [0.2, 0.25) is 0 Å². The average molecular weight is 328 g/mol. The molecule has 2 aromatic rings. The first-order valence-corrected chi connectivity index (χ1v) is 8.16. The van der Waals surface area contributed by atoms with Crippen LogP contribution in [0.15, 0.2) is 23.2 Å². The molecule has 0 atom stereocenters. The van der Waals surface area contributed by atoms with E-state index in [0.717, 1.165) is 35.3 Å². The number of hydrogen-bond acceptors (Lipinski definition) is 5. The maximum Gasteiger partial charge on any atom is 0.193 e. The van der Waals surface area contributed by atoms with Gasteiger partial charge in [-0.05, 0) is 25.0 Å². The van der Waals surface area contributed by atoms with E-state index in [2.05, 4.69) is 25.5 Å². The molecule has 2 heterocycles. The van der Waals surface area contributed by atoms with Crippen LogP contribution in [0.3, 0.4) is 0 Å². The zero-order valence-electron chi connectivity index (χ0n) is 13.3. The standard InChI is InChI=1S/C16H20N6O2/c17-16(18-9-14-20-15(22-21-14)10-2-3-10)19-11-4-5-12-13(8-11)24-7-1-6-23-12/h4-5,8,10H,1-3,6-7,9H2,(H3,17,18,19)(H,20,21,22).